The minimum Gasteiger partial charge on any atom is -0.466 e. The number of esters is 1. The fraction of sp³-hybridized carbons (Fsp3) is 0.765. The molecule has 0 unspecified atom stereocenters. The van der Waals surface area contributed by atoms with Crippen LogP contribution in [-0.4, -0.2) is 61.1 Å². The van der Waals surface area contributed by atoms with Crippen molar-refractivity contribution in [1.29, 1.82) is 0 Å². The van der Waals surface area contributed by atoms with Gasteiger partial charge in [0.15, 0.2) is 0 Å². The fourth-order valence-electron chi connectivity index (χ4n) is 2.63. The molecule has 0 aromatic rings. The van der Waals surface area contributed by atoms with E-state index < -0.39 is 36.0 Å². The number of carbonyl (C=O) groups is 2. The van der Waals surface area contributed by atoms with Gasteiger partial charge in [-0.3, -0.25) is 0 Å². The maximum absolute atomic E-state index is 12.4. The van der Waals surface area contributed by atoms with Crippen molar-refractivity contribution in [3.63, 3.8) is 0 Å². The summed E-state index contributed by atoms with van der Waals surface area (Å²) >= 11 is 0. The van der Waals surface area contributed by atoms with Gasteiger partial charge >= 0.3 is 19.2 Å². The Morgan fingerprint density at radius 1 is 1.08 bits per heavy atom. The third-order valence-electron chi connectivity index (χ3n) is 4.72. The standard InChI is InChI=1S/C17H28BNO6/c1-15(2,3)23-14(21)19-9-11(13(20)22-8)12(10-19)18-24-16(4,5)17(6,7)25-18/h9-10H2,1-8H3. The highest BCUT2D eigenvalue weighted by molar-refractivity contribution is 6.56. The number of hydrogen-bond acceptors (Lipinski definition) is 6. The van der Waals surface area contributed by atoms with Crippen LogP contribution in [-0.2, 0) is 23.6 Å². The molecule has 1 fully saturated rings. The monoisotopic (exact) mass is 353 g/mol. The number of rotatable bonds is 2. The van der Waals surface area contributed by atoms with Gasteiger partial charge in [0, 0.05) is 6.54 Å². The molecule has 2 rings (SSSR count). The SMILES string of the molecule is COC(=O)C1=C(B2OC(C)(C)C(C)(C)O2)CN(C(=O)OC(C)(C)C)C1. The van der Waals surface area contributed by atoms with E-state index in [-0.39, 0.29) is 13.1 Å². The Morgan fingerprint density at radius 2 is 1.60 bits per heavy atom. The van der Waals surface area contributed by atoms with Crippen molar-refractivity contribution < 1.29 is 28.4 Å². The molecule has 0 aromatic carbocycles. The van der Waals surface area contributed by atoms with Crippen LogP contribution in [0.25, 0.3) is 0 Å². The van der Waals surface area contributed by atoms with E-state index in [1.807, 2.05) is 27.7 Å². The molecule has 1 amide bonds. The van der Waals surface area contributed by atoms with Gasteiger partial charge in [0.1, 0.15) is 5.60 Å². The molecule has 2 heterocycles. The lowest BCUT2D eigenvalue weighted by Gasteiger charge is -2.32. The smallest absolute Gasteiger partial charge is 0.466 e. The summed E-state index contributed by atoms with van der Waals surface area (Å²) in [6, 6.07) is 0. The lowest BCUT2D eigenvalue weighted by molar-refractivity contribution is -0.136. The van der Waals surface area contributed by atoms with E-state index in [4.69, 9.17) is 18.8 Å². The number of carbonyl (C=O) groups excluding carboxylic acids is 2. The Kier molecular flexibility index (Phi) is 5.00. The van der Waals surface area contributed by atoms with Crippen LogP contribution in [0.2, 0.25) is 0 Å². The molecular formula is C17H28BNO6. The summed E-state index contributed by atoms with van der Waals surface area (Å²) in [5.74, 6) is -0.490. The highest BCUT2D eigenvalue weighted by Gasteiger charge is 2.54. The molecule has 1 saturated heterocycles. The number of methoxy groups -OCH3 is 1. The summed E-state index contributed by atoms with van der Waals surface area (Å²) in [4.78, 5) is 26.0. The first-order valence-corrected chi connectivity index (χ1v) is 8.41. The lowest BCUT2D eigenvalue weighted by atomic mass is 9.76. The highest BCUT2D eigenvalue weighted by atomic mass is 16.7. The van der Waals surface area contributed by atoms with Crippen molar-refractivity contribution in [2.24, 2.45) is 0 Å². The summed E-state index contributed by atoms with van der Waals surface area (Å²) in [6.07, 6.45) is -0.486. The van der Waals surface area contributed by atoms with E-state index in [0.29, 0.717) is 11.0 Å². The summed E-state index contributed by atoms with van der Waals surface area (Å²) in [5.41, 5.74) is -0.699. The van der Waals surface area contributed by atoms with Gasteiger partial charge in [0.2, 0.25) is 0 Å². The van der Waals surface area contributed by atoms with Crippen LogP contribution in [0.15, 0.2) is 11.0 Å². The molecular weight excluding hydrogens is 325 g/mol. The third-order valence-corrected chi connectivity index (χ3v) is 4.72. The van der Waals surface area contributed by atoms with Crippen LogP contribution in [0, 0.1) is 0 Å². The molecule has 0 aromatic heterocycles. The van der Waals surface area contributed by atoms with Gasteiger partial charge < -0.3 is 23.7 Å². The normalized spacial score (nSPS) is 22.4. The maximum atomic E-state index is 12.4. The molecule has 8 heteroatoms. The molecule has 7 nitrogen and oxygen atoms in total. The summed E-state index contributed by atoms with van der Waals surface area (Å²) in [5, 5.41) is 0. The average Bonchev–Trinajstić information content (AvgIpc) is 2.96. The van der Waals surface area contributed by atoms with E-state index in [1.54, 1.807) is 20.8 Å². The average molecular weight is 353 g/mol. The van der Waals surface area contributed by atoms with Crippen LogP contribution < -0.4 is 0 Å². The van der Waals surface area contributed by atoms with Gasteiger partial charge in [-0.15, -0.1) is 0 Å². The molecule has 0 spiro atoms. The van der Waals surface area contributed by atoms with E-state index in [2.05, 4.69) is 0 Å². The Balaban J connectivity index is 2.24. The van der Waals surface area contributed by atoms with E-state index in [0.717, 1.165) is 0 Å². The molecule has 0 aliphatic carbocycles. The van der Waals surface area contributed by atoms with Gasteiger partial charge in [-0.2, -0.15) is 0 Å². The minimum absolute atomic E-state index is 0.112. The van der Waals surface area contributed by atoms with Crippen LogP contribution in [0.4, 0.5) is 4.79 Å². The van der Waals surface area contributed by atoms with E-state index in [9.17, 15) is 9.59 Å². The van der Waals surface area contributed by atoms with Gasteiger partial charge in [-0.05, 0) is 53.9 Å². The summed E-state index contributed by atoms with van der Waals surface area (Å²) in [6.45, 7) is 13.5. The largest absolute Gasteiger partial charge is 0.493 e. The first-order chi connectivity index (χ1) is 11.3. The van der Waals surface area contributed by atoms with Crippen molar-refractivity contribution in [1.82, 2.24) is 4.90 Å². The number of ether oxygens (including phenoxy) is 2. The molecule has 2 aliphatic rings. The topological polar surface area (TPSA) is 74.3 Å². The van der Waals surface area contributed by atoms with Crippen LogP contribution in [0.5, 0.6) is 0 Å². The second-order valence-electron chi connectivity index (χ2n) is 8.42. The summed E-state index contributed by atoms with van der Waals surface area (Å²) < 4.78 is 22.3. The molecule has 2 aliphatic heterocycles. The molecule has 0 radical (unpaired) electrons. The van der Waals surface area contributed by atoms with Crippen molar-refractivity contribution in [3.05, 3.63) is 11.0 Å². The number of nitrogens with zero attached hydrogens (tertiary/aromatic N) is 1. The second kappa shape index (κ2) is 6.32. The van der Waals surface area contributed by atoms with Gasteiger partial charge in [0.05, 0.1) is 30.4 Å². The fourth-order valence-corrected chi connectivity index (χ4v) is 2.63. The molecule has 0 saturated carbocycles. The Hall–Kier alpha value is -1.54. The predicted molar refractivity (Wildman–Crippen MR) is 92.9 cm³/mol. The van der Waals surface area contributed by atoms with Gasteiger partial charge in [-0.25, -0.2) is 9.59 Å². The first kappa shape index (κ1) is 19.8. The van der Waals surface area contributed by atoms with Gasteiger partial charge in [0.25, 0.3) is 0 Å². The van der Waals surface area contributed by atoms with Crippen molar-refractivity contribution in [2.75, 3.05) is 20.2 Å². The molecule has 0 N–H and O–H groups in total. The Morgan fingerprint density at radius 3 is 2.04 bits per heavy atom. The predicted octanol–water partition coefficient (Wildman–Crippen LogP) is 2.34. The lowest BCUT2D eigenvalue weighted by Crippen LogP contribution is -2.41. The zero-order valence-electron chi connectivity index (χ0n) is 16.4. The van der Waals surface area contributed by atoms with Crippen LogP contribution >= 0.6 is 0 Å². The second-order valence-corrected chi connectivity index (χ2v) is 8.42. The zero-order chi connectivity index (χ0) is 19.2. The maximum Gasteiger partial charge on any atom is 0.493 e. The third kappa shape index (κ3) is 4.01. The molecule has 0 atom stereocenters. The van der Waals surface area contributed by atoms with Crippen molar-refractivity contribution >= 4 is 19.2 Å². The Bertz CT molecular complexity index is 589. The van der Waals surface area contributed by atoms with Crippen LogP contribution in [0.3, 0.4) is 0 Å². The first-order valence-electron chi connectivity index (χ1n) is 8.41. The molecule has 140 valence electrons. The molecule has 25 heavy (non-hydrogen) atoms. The number of amides is 1. The quantitative estimate of drug-likeness (QED) is 0.560. The highest BCUT2D eigenvalue weighted by Crippen LogP contribution is 2.40. The van der Waals surface area contributed by atoms with Crippen LogP contribution in [0.1, 0.15) is 48.5 Å². The molecule has 0 bridgehead atoms. The summed E-state index contributed by atoms with van der Waals surface area (Å²) in [7, 11) is 0.611. The zero-order valence-corrected chi connectivity index (χ0v) is 16.4. The van der Waals surface area contributed by atoms with Crippen molar-refractivity contribution in [3.8, 4) is 0 Å². The van der Waals surface area contributed by atoms with E-state index >= 15 is 0 Å². The van der Waals surface area contributed by atoms with Crippen molar-refractivity contribution in [2.45, 2.75) is 65.3 Å². The number of hydrogen-bond donors (Lipinski definition) is 0. The van der Waals surface area contributed by atoms with Gasteiger partial charge in [-0.1, -0.05) is 0 Å². The minimum atomic E-state index is -0.702. The van der Waals surface area contributed by atoms with E-state index in [1.165, 1.54) is 12.0 Å². The Labute approximate surface area is 149 Å².